The number of amides is 1. The van der Waals surface area contributed by atoms with E-state index in [1.807, 2.05) is 42.5 Å². The minimum absolute atomic E-state index is 0.0554. The number of rotatable bonds is 6. The van der Waals surface area contributed by atoms with Crippen molar-refractivity contribution in [3.05, 3.63) is 71.3 Å². The molecule has 0 heterocycles. The summed E-state index contributed by atoms with van der Waals surface area (Å²) in [4.78, 5) is 12.5. The summed E-state index contributed by atoms with van der Waals surface area (Å²) in [6, 6.07) is 18.2. The van der Waals surface area contributed by atoms with Crippen molar-refractivity contribution in [3.63, 3.8) is 0 Å². The van der Waals surface area contributed by atoms with Crippen LogP contribution in [-0.4, -0.2) is 5.91 Å². The Kier molecular flexibility index (Phi) is 5.56. The molecule has 2 rings (SSSR count). The van der Waals surface area contributed by atoms with Crippen molar-refractivity contribution in [2.24, 2.45) is 0 Å². The Morgan fingerprint density at radius 3 is 2.38 bits per heavy atom. The molecular weight excluding hydrogens is 258 g/mol. The van der Waals surface area contributed by atoms with Crippen LogP contribution in [-0.2, 0) is 11.3 Å². The van der Waals surface area contributed by atoms with Gasteiger partial charge in [0.15, 0.2) is 0 Å². The summed E-state index contributed by atoms with van der Waals surface area (Å²) in [6.45, 7) is 4.78. The number of nitrogens with one attached hydrogen (secondary N) is 1. The number of carbonyl (C=O) groups excluding carboxylic acids is 1. The Balaban J connectivity index is 2.04. The van der Waals surface area contributed by atoms with E-state index in [-0.39, 0.29) is 11.8 Å². The van der Waals surface area contributed by atoms with Crippen LogP contribution in [0.5, 0.6) is 0 Å². The van der Waals surface area contributed by atoms with Crippen molar-refractivity contribution in [1.29, 1.82) is 0 Å². The molecule has 0 radical (unpaired) electrons. The first-order valence-electron chi connectivity index (χ1n) is 7.59. The van der Waals surface area contributed by atoms with Gasteiger partial charge < -0.3 is 5.32 Å². The zero-order valence-electron chi connectivity index (χ0n) is 12.8. The molecule has 0 saturated carbocycles. The second-order valence-corrected chi connectivity index (χ2v) is 5.40. The van der Waals surface area contributed by atoms with Crippen LogP contribution >= 0.6 is 0 Å². The average molecular weight is 281 g/mol. The van der Waals surface area contributed by atoms with Crippen LogP contribution in [0, 0.1) is 6.92 Å². The van der Waals surface area contributed by atoms with Gasteiger partial charge >= 0.3 is 0 Å². The number of hydrogen-bond acceptors (Lipinski definition) is 1. The largest absolute Gasteiger partial charge is 0.351 e. The van der Waals surface area contributed by atoms with Crippen molar-refractivity contribution in [2.75, 3.05) is 0 Å². The first-order valence-corrected chi connectivity index (χ1v) is 7.59. The smallest absolute Gasteiger partial charge is 0.227 e. The van der Waals surface area contributed by atoms with Crippen LogP contribution in [0.3, 0.4) is 0 Å². The van der Waals surface area contributed by atoms with Crippen molar-refractivity contribution in [1.82, 2.24) is 5.32 Å². The number of hydrogen-bond donors (Lipinski definition) is 1. The molecule has 2 nitrogen and oxygen atoms in total. The van der Waals surface area contributed by atoms with E-state index in [2.05, 4.69) is 31.3 Å². The average Bonchev–Trinajstić information content (AvgIpc) is 2.52. The van der Waals surface area contributed by atoms with E-state index in [1.54, 1.807) is 0 Å². The van der Waals surface area contributed by atoms with Gasteiger partial charge in [0.1, 0.15) is 0 Å². The molecule has 0 aliphatic rings. The normalized spacial score (nSPS) is 11.9. The van der Waals surface area contributed by atoms with Crippen molar-refractivity contribution < 1.29 is 4.79 Å². The molecule has 0 aliphatic carbocycles. The lowest BCUT2D eigenvalue weighted by Crippen LogP contribution is -2.29. The third kappa shape index (κ3) is 4.19. The molecule has 0 aromatic heterocycles. The maximum absolute atomic E-state index is 12.5. The highest BCUT2D eigenvalue weighted by Crippen LogP contribution is 2.21. The summed E-state index contributed by atoms with van der Waals surface area (Å²) < 4.78 is 0. The summed E-state index contributed by atoms with van der Waals surface area (Å²) in [5.74, 6) is 0.0616. The molecule has 1 unspecified atom stereocenters. The molecule has 0 fully saturated rings. The molecule has 1 amide bonds. The van der Waals surface area contributed by atoms with Gasteiger partial charge in [0.25, 0.3) is 0 Å². The fourth-order valence-electron chi connectivity index (χ4n) is 2.54. The molecule has 2 aromatic carbocycles. The van der Waals surface area contributed by atoms with Crippen molar-refractivity contribution in [2.45, 2.75) is 39.2 Å². The third-order valence-corrected chi connectivity index (χ3v) is 3.81. The quantitative estimate of drug-likeness (QED) is 0.845. The van der Waals surface area contributed by atoms with E-state index in [1.165, 1.54) is 11.1 Å². The Morgan fingerprint density at radius 2 is 1.71 bits per heavy atom. The van der Waals surface area contributed by atoms with Crippen LogP contribution in [0.15, 0.2) is 54.6 Å². The fraction of sp³-hybridized carbons (Fsp3) is 0.316. The second kappa shape index (κ2) is 7.63. The van der Waals surface area contributed by atoms with Gasteiger partial charge in [-0.3, -0.25) is 4.79 Å². The van der Waals surface area contributed by atoms with E-state index >= 15 is 0 Å². The Hall–Kier alpha value is -2.09. The van der Waals surface area contributed by atoms with E-state index < -0.39 is 0 Å². The van der Waals surface area contributed by atoms with Gasteiger partial charge in [-0.1, -0.05) is 67.9 Å². The number of carbonyl (C=O) groups is 1. The topological polar surface area (TPSA) is 29.1 Å². The fourth-order valence-corrected chi connectivity index (χ4v) is 2.54. The summed E-state index contributed by atoms with van der Waals surface area (Å²) in [5.41, 5.74) is 3.49. The Bertz CT molecular complexity index is 577. The standard InChI is InChI=1S/C19H23NO/c1-3-9-18(16-11-5-4-6-12-16)19(21)20-14-17-13-8-7-10-15(17)2/h4-8,10-13,18H,3,9,14H2,1-2H3,(H,20,21). The van der Waals surface area contributed by atoms with Gasteiger partial charge in [-0.2, -0.15) is 0 Å². The van der Waals surface area contributed by atoms with Crippen LogP contribution in [0.4, 0.5) is 0 Å². The molecule has 2 heteroatoms. The molecule has 2 aromatic rings. The summed E-state index contributed by atoms with van der Waals surface area (Å²) in [7, 11) is 0. The third-order valence-electron chi connectivity index (χ3n) is 3.81. The monoisotopic (exact) mass is 281 g/mol. The molecule has 1 N–H and O–H groups in total. The maximum Gasteiger partial charge on any atom is 0.227 e. The molecule has 0 bridgehead atoms. The van der Waals surface area contributed by atoms with Crippen molar-refractivity contribution in [3.8, 4) is 0 Å². The van der Waals surface area contributed by atoms with Crippen LogP contribution < -0.4 is 5.32 Å². The number of aryl methyl sites for hydroxylation is 1. The second-order valence-electron chi connectivity index (χ2n) is 5.40. The van der Waals surface area contributed by atoms with Gasteiger partial charge in [-0.25, -0.2) is 0 Å². The molecule has 0 aliphatic heterocycles. The lowest BCUT2D eigenvalue weighted by molar-refractivity contribution is -0.122. The first kappa shape index (κ1) is 15.3. The summed E-state index contributed by atoms with van der Waals surface area (Å²) >= 11 is 0. The predicted molar refractivity (Wildman–Crippen MR) is 87.1 cm³/mol. The Morgan fingerprint density at radius 1 is 1.05 bits per heavy atom. The van der Waals surface area contributed by atoms with Gasteiger partial charge in [0, 0.05) is 6.54 Å². The van der Waals surface area contributed by atoms with E-state index in [4.69, 9.17) is 0 Å². The Labute approximate surface area is 127 Å². The van der Waals surface area contributed by atoms with E-state index in [0.29, 0.717) is 6.54 Å². The lowest BCUT2D eigenvalue weighted by Gasteiger charge is -2.17. The van der Waals surface area contributed by atoms with Gasteiger partial charge in [0.05, 0.1) is 5.92 Å². The molecule has 110 valence electrons. The van der Waals surface area contributed by atoms with Crippen molar-refractivity contribution >= 4 is 5.91 Å². The van der Waals surface area contributed by atoms with Gasteiger partial charge in [0.2, 0.25) is 5.91 Å². The minimum Gasteiger partial charge on any atom is -0.351 e. The van der Waals surface area contributed by atoms with Crippen LogP contribution in [0.25, 0.3) is 0 Å². The SMILES string of the molecule is CCCC(C(=O)NCc1ccccc1C)c1ccccc1. The van der Waals surface area contributed by atoms with Crippen LogP contribution in [0.2, 0.25) is 0 Å². The van der Waals surface area contributed by atoms with Crippen LogP contribution in [0.1, 0.15) is 42.4 Å². The lowest BCUT2D eigenvalue weighted by atomic mass is 9.93. The molecule has 0 saturated heterocycles. The molecular formula is C19H23NO. The molecule has 1 atom stereocenters. The zero-order valence-corrected chi connectivity index (χ0v) is 12.8. The number of benzene rings is 2. The predicted octanol–water partition coefficient (Wildman–Crippen LogP) is 4.20. The van der Waals surface area contributed by atoms with Gasteiger partial charge in [-0.15, -0.1) is 0 Å². The first-order chi connectivity index (χ1) is 10.2. The summed E-state index contributed by atoms with van der Waals surface area (Å²) in [6.07, 6.45) is 1.88. The molecule has 0 spiro atoms. The van der Waals surface area contributed by atoms with Gasteiger partial charge in [-0.05, 0) is 30.0 Å². The summed E-state index contributed by atoms with van der Waals surface area (Å²) in [5, 5.41) is 3.08. The highest BCUT2D eigenvalue weighted by Gasteiger charge is 2.19. The minimum atomic E-state index is -0.0554. The highest BCUT2D eigenvalue weighted by molar-refractivity contribution is 5.83. The van der Waals surface area contributed by atoms with E-state index in [9.17, 15) is 4.79 Å². The highest BCUT2D eigenvalue weighted by atomic mass is 16.1. The maximum atomic E-state index is 12.5. The molecule has 21 heavy (non-hydrogen) atoms. The zero-order chi connectivity index (χ0) is 15.1. The van der Waals surface area contributed by atoms with E-state index in [0.717, 1.165) is 18.4 Å².